The first-order valence-corrected chi connectivity index (χ1v) is 8.08. The minimum Gasteiger partial charge on any atom is -0.369 e. The molecule has 1 saturated heterocycles. The highest BCUT2D eigenvalue weighted by Crippen LogP contribution is 2.33. The second kappa shape index (κ2) is 7.08. The van der Waals surface area contributed by atoms with Gasteiger partial charge in [0.05, 0.1) is 0 Å². The molecular formula is C14H23BrN4. The molecule has 2 rings (SSSR count). The van der Waals surface area contributed by atoms with Crippen molar-refractivity contribution in [2.45, 2.75) is 52.0 Å². The molecule has 106 valence electrons. The Labute approximate surface area is 124 Å². The molecular weight excluding hydrogens is 304 g/mol. The van der Waals surface area contributed by atoms with E-state index in [0.29, 0.717) is 6.04 Å². The van der Waals surface area contributed by atoms with Crippen molar-refractivity contribution in [1.29, 1.82) is 0 Å². The Morgan fingerprint density at radius 1 is 1.32 bits per heavy atom. The number of aromatic nitrogens is 2. The SMILES string of the molecule is CCNc1ncnc(N2CCCCCC2CC)c1Br. The Kier molecular flexibility index (Phi) is 5.43. The average Bonchev–Trinajstić information content (AvgIpc) is 2.66. The van der Waals surface area contributed by atoms with Gasteiger partial charge in [-0.2, -0.15) is 0 Å². The van der Waals surface area contributed by atoms with Gasteiger partial charge in [0.1, 0.15) is 22.4 Å². The minimum absolute atomic E-state index is 0.600. The molecule has 0 bridgehead atoms. The monoisotopic (exact) mass is 326 g/mol. The molecule has 1 fully saturated rings. The first-order chi connectivity index (χ1) is 9.27. The molecule has 0 aromatic carbocycles. The van der Waals surface area contributed by atoms with Crippen LogP contribution in [0, 0.1) is 0 Å². The van der Waals surface area contributed by atoms with Crippen molar-refractivity contribution in [3.05, 3.63) is 10.8 Å². The maximum Gasteiger partial charge on any atom is 0.148 e. The van der Waals surface area contributed by atoms with Crippen LogP contribution in [0.15, 0.2) is 10.8 Å². The molecule has 2 heterocycles. The van der Waals surface area contributed by atoms with E-state index in [0.717, 1.165) is 29.2 Å². The molecule has 0 aliphatic carbocycles. The van der Waals surface area contributed by atoms with Gasteiger partial charge in [0.25, 0.3) is 0 Å². The Morgan fingerprint density at radius 3 is 2.89 bits per heavy atom. The van der Waals surface area contributed by atoms with Gasteiger partial charge in [0.2, 0.25) is 0 Å². The number of anilines is 2. The average molecular weight is 327 g/mol. The zero-order valence-electron chi connectivity index (χ0n) is 11.8. The molecule has 1 aliphatic heterocycles. The Hall–Kier alpha value is -0.840. The summed E-state index contributed by atoms with van der Waals surface area (Å²) in [6.45, 7) is 6.31. The summed E-state index contributed by atoms with van der Waals surface area (Å²) in [6, 6.07) is 0.600. The van der Waals surface area contributed by atoms with Gasteiger partial charge in [-0.05, 0) is 42.1 Å². The van der Waals surface area contributed by atoms with Crippen LogP contribution in [0.2, 0.25) is 0 Å². The van der Waals surface area contributed by atoms with E-state index in [1.54, 1.807) is 6.33 Å². The van der Waals surface area contributed by atoms with Crippen LogP contribution in [-0.4, -0.2) is 29.1 Å². The molecule has 5 heteroatoms. The predicted molar refractivity (Wildman–Crippen MR) is 83.8 cm³/mol. The summed E-state index contributed by atoms with van der Waals surface area (Å²) in [5.74, 6) is 1.94. The van der Waals surface area contributed by atoms with Crippen LogP contribution < -0.4 is 10.2 Å². The number of nitrogens with one attached hydrogen (secondary N) is 1. The highest BCUT2D eigenvalue weighted by atomic mass is 79.9. The third kappa shape index (κ3) is 3.38. The molecule has 19 heavy (non-hydrogen) atoms. The first-order valence-electron chi connectivity index (χ1n) is 7.28. The van der Waals surface area contributed by atoms with Crippen molar-refractivity contribution in [2.75, 3.05) is 23.3 Å². The molecule has 0 saturated carbocycles. The Bertz CT molecular complexity index is 410. The van der Waals surface area contributed by atoms with E-state index in [1.807, 2.05) is 0 Å². The van der Waals surface area contributed by atoms with Gasteiger partial charge >= 0.3 is 0 Å². The zero-order valence-corrected chi connectivity index (χ0v) is 13.4. The number of halogens is 1. The van der Waals surface area contributed by atoms with E-state index in [1.165, 1.54) is 32.1 Å². The van der Waals surface area contributed by atoms with Gasteiger partial charge in [-0.1, -0.05) is 19.8 Å². The topological polar surface area (TPSA) is 41.1 Å². The fraction of sp³-hybridized carbons (Fsp3) is 0.714. The van der Waals surface area contributed by atoms with Crippen molar-refractivity contribution in [1.82, 2.24) is 9.97 Å². The summed E-state index contributed by atoms with van der Waals surface area (Å²) in [5, 5.41) is 3.28. The van der Waals surface area contributed by atoms with Crippen LogP contribution in [0.4, 0.5) is 11.6 Å². The van der Waals surface area contributed by atoms with Gasteiger partial charge < -0.3 is 10.2 Å². The number of hydrogen-bond donors (Lipinski definition) is 1. The summed E-state index contributed by atoms with van der Waals surface area (Å²) in [4.78, 5) is 11.3. The van der Waals surface area contributed by atoms with Crippen molar-refractivity contribution in [3.8, 4) is 0 Å². The van der Waals surface area contributed by atoms with E-state index in [2.05, 4.69) is 50.0 Å². The lowest BCUT2D eigenvalue weighted by Gasteiger charge is -2.31. The highest BCUT2D eigenvalue weighted by Gasteiger charge is 2.23. The van der Waals surface area contributed by atoms with Crippen molar-refractivity contribution in [3.63, 3.8) is 0 Å². The lowest BCUT2D eigenvalue weighted by atomic mass is 10.1. The third-order valence-corrected chi connectivity index (χ3v) is 4.47. The van der Waals surface area contributed by atoms with Crippen molar-refractivity contribution >= 4 is 27.6 Å². The highest BCUT2D eigenvalue weighted by molar-refractivity contribution is 9.10. The Balaban J connectivity index is 2.30. The van der Waals surface area contributed by atoms with Crippen LogP contribution in [0.1, 0.15) is 46.0 Å². The summed E-state index contributed by atoms with van der Waals surface area (Å²) >= 11 is 3.67. The second-order valence-electron chi connectivity index (χ2n) is 4.99. The molecule has 1 atom stereocenters. The van der Waals surface area contributed by atoms with Gasteiger partial charge in [-0.3, -0.25) is 0 Å². The van der Waals surface area contributed by atoms with Crippen LogP contribution >= 0.6 is 15.9 Å². The smallest absolute Gasteiger partial charge is 0.148 e. The van der Waals surface area contributed by atoms with E-state index in [9.17, 15) is 0 Å². The molecule has 1 aliphatic rings. The number of hydrogen-bond acceptors (Lipinski definition) is 4. The van der Waals surface area contributed by atoms with Crippen LogP contribution in [0.3, 0.4) is 0 Å². The molecule has 0 spiro atoms. The van der Waals surface area contributed by atoms with Gasteiger partial charge in [0, 0.05) is 19.1 Å². The first kappa shape index (κ1) is 14.6. The summed E-state index contributed by atoms with van der Waals surface area (Å²) in [7, 11) is 0. The molecule has 0 amide bonds. The maximum absolute atomic E-state index is 4.51. The lowest BCUT2D eigenvalue weighted by Crippen LogP contribution is -2.35. The third-order valence-electron chi connectivity index (χ3n) is 3.74. The van der Waals surface area contributed by atoms with E-state index in [-0.39, 0.29) is 0 Å². The summed E-state index contributed by atoms with van der Waals surface area (Å²) in [6.07, 6.45) is 8.02. The van der Waals surface area contributed by atoms with Gasteiger partial charge in [-0.25, -0.2) is 9.97 Å². The van der Waals surface area contributed by atoms with Crippen LogP contribution in [-0.2, 0) is 0 Å². The van der Waals surface area contributed by atoms with Crippen molar-refractivity contribution in [2.24, 2.45) is 0 Å². The van der Waals surface area contributed by atoms with Crippen LogP contribution in [0.5, 0.6) is 0 Å². The largest absolute Gasteiger partial charge is 0.369 e. The quantitative estimate of drug-likeness (QED) is 0.912. The van der Waals surface area contributed by atoms with Gasteiger partial charge in [0.15, 0.2) is 0 Å². The Morgan fingerprint density at radius 2 is 2.16 bits per heavy atom. The fourth-order valence-corrected chi connectivity index (χ4v) is 3.30. The standard InChI is InChI=1S/C14H23BrN4/c1-3-11-8-6-5-7-9-19(11)14-12(15)13(16-4-2)17-10-18-14/h10-11H,3-9H2,1-2H3,(H,16,17,18). The molecule has 1 N–H and O–H groups in total. The van der Waals surface area contributed by atoms with Crippen molar-refractivity contribution < 1.29 is 0 Å². The lowest BCUT2D eigenvalue weighted by molar-refractivity contribution is 0.551. The summed E-state index contributed by atoms with van der Waals surface area (Å²) in [5.41, 5.74) is 0. The molecule has 0 radical (unpaired) electrons. The number of nitrogens with zero attached hydrogens (tertiary/aromatic N) is 3. The zero-order chi connectivity index (χ0) is 13.7. The van der Waals surface area contributed by atoms with E-state index in [4.69, 9.17) is 0 Å². The second-order valence-corrected chi connectivity index (χ2v) is 5.79. The normalized spacial score (nSPS) is 20.2. The molecule has 1 aromatic heterocycles. The number of rotatable bonds is 4. The maximum atomic E-state index is 4.51. The minimum atomic E-state index is 0.600. The predicted octanol–water partition coefficient (Wildman–Crippen LogP) is 3.83. The molecule has 4 nitrogen and oxygen atoms in total. The van der Waals surface area contributed by atoms with E-state index < -0.39 is 0 Å². The van der Waals surface area contributed by atoms with E-state index >= 15 is 0 Å². The molecule has 1 unspecified atom stereocenters. The molecule has 1 aromatic rings. The summed E-state index contributed by atoms with van der Waals surface area (Å²) < 4.78 is 0.997. The van der Waals surface area contributed by atoms with Crippen LogP contribution in [0.25, 0.3) is 0 Å². The fourth-order valence-electron chi connectivity index (χ4n) is 2.73. The van der Waals surface area contributed by atoms with Gasteiger partial charge in [-0.15, -0.1) is 0 Å².